The summed E-state index contributed by atoms with van der Waals surface area (Å²) in [6, 6.07) is 13.4. The minimum Gasteiger partial charge on any atom is -0.453 e. The van der Waals surface area contributed by atoms with Crippen LogP contribution in [0.3, 0.4) is 0 Å². The molecule has 1 unspecified atom stereocenters. The first-order valence-corrected chi connectivity index (χ1v) is 21.0. The van der Waals surface area contributed by atoms with Crippen LogP contribution in [0.1, 0.15) is 75.3 Å². The molecule has 2 saturated heterocycles. The molecule has 3 N–H and O–H groups in total. The van der Waals surface area contributed by atoms with Crippen LogP contribution < -0.4 is 25.7 Å². The van der Waals surface area contributed by atoms with Crippen LogP contribution in [-0.2, 0) is 26.3 Å². The zero-order valence-corrected chi connectivity index (χ0v) is 33.2. The van der Waals surface area contributed by atoms with Gasteiger partial charge in [0.1, 0.15) is 29.2 Å². The summed E-state index contributed by atoms with van der Waals surface area (Å²) in [5.41, 5.74) is 0.843. The molecule has 306 valence electrons. The van der Waals surface area contributed by atoms with Gasteiger partial charge >= 0.3 is 10.2 Å². The van der Waals surface area contributed by atoms with E-state index in [-0.39, 0.29) is 64.5 Å². The number of benzene rings is 3. The molecular formula is C41H46F2N8O6S. The molecule has 1 aromatic heterocycles. The van der Waals surface area contributed by atoms with Crippen molar-refractivity contribution in [1.29, 1.82) is 5.26 Å². The molecule has 17 heteroatoms. The number of fused-ring (bicyclic) bond motifs is 1. The Morgan fingerprint density at radius 3 is 2.43 bits per heavy atom. The number of aromatic nitrogens is 2. The largest absolute Gasteiger partial charge is 0.453 e. The minimum atomic E-state index is -4.01. The predicted octanol–water partition coefficient (Wildman–Crippen LogP) is 5.60. The molecule has 3 heterocycles. The molecule has 0 radical (unpaired) electrons. The number of halogens is 2. The summed E-state index contributed by atoms with van der Waals surface area (Å²) in [4.78, 5) is 44.3. The Kier molecular flexibility index (Phi) is 12.1. The maximum absolute atomic E-state index is 15.3. The minimum absolute atomic E-state index is 0.0785. The molecule has 3 fully saturated rings. The second kappa shape index (κ2) is 17.2. The standard InChI is InChI=1S/C41H46F2N8O6S/c1-3-49(2)58(55,56)48-36-13-11-33(42)39(32(36)22-44)57-29-9-12-35-31(21-29)41(54)51(24-45-35)23-25-16-18-50(19-17-25)28-7-4-26(5-8-28)30-10-6-27(20-34(30)43)46-37-14-15-38(52)47-40(37)53/h6,9-13,20-21,24-26,28,37,46,48H,3-5,7-8,14-19,23H2,1-2H3,(H,47,52,53). The Hall–Kier alpha value is -5.44. The normalized spacial score (nSPS) is 20.8. The van der Waals surface area contributed by atoms with E-state index in [0.717, 1.165) is 68.1 Å². The lowest BCUT2D eigenvalue weighted by molar-refractivity contribution is -0.133. The molecule has 2 aliphatic heterocycles. The summed E-state index contributed by atoms with van der Waals surface area (Å²) in [7, 11) is -2.64. The molecule has 1 aliphatic carbocycles. The van der Waals surface area contributed by atoms with Crippen LogP contribution in [0.2, 0.25) is 0 Å². The van der Waals surface area contributed by atoms with Gasteiger partial charge in [-0.05, 0) is 118 Å². The Morgan fingerprint density at radius 1 is 0.983 bits per heavy atom. The number of piperidine rings is 2. The SMILES string of the molecule is CCN(C)S(=O)(=O)Nc1ccc(F)c(Oc2ccc3ncn(CC4CCN(C5CCC(c6ccc(NC7CCC(=O)NC7=O)cc6F)CC5)CC4)c(=O)c3c2)c1C#N. The number of carbonyl (C=O) groups is 2. The second-order valence-corrected chi connectivity index (χ2v) is 17.1. The van der Waals surface area contributed by atoms with Gasteiger partial charge in [0.2, 0.25) is 11.8 Å². The van der Waals surface area contributed by atoms with Crippen molar-refractivity contribution in [2.45, 2.75) is 82.8 Å². The first-order valence-electron chi connectivity index (χ1n) is 19.6. The summed E-state index contributed by atoms with van der Waals surface area (Å²) in [6.45, 7) is 4.07. The third kappa shape index (κ3) is 8.83. The van der Waals surface area contributed by atoms with Gasteiger partial charge in [0, 0.05) is 38.3 Å². The fourth-order valence-electron chi connectivity index (χ4n) is 8.20. The number of likely N-dealkylation sites (tertiary alicyclic amines) is 1. The van der Waals surface area contributed by atoms with Crippen molar-refractivity contribution in [1.82, 2.24) is 24.1 Å². The lowest BCUT2D eigenvalue weighted by atomic mass is 9.80. The number of rotatable bonds is 12. The molecule has 4 aromatic rings. The van der Waals surface area contributed by atoms with E-state index >= 15 is 8.78 Å². The van der Waals surface area contributed by atoms with Crippen LogP contribution in [0.4, 0.5) is 20.2 Å². The van der Waals surface area contributed by atoms with Gasteiger partial charge in [0.05, 0.1) is 22.9 Å². The number of imide groups is 1. The van der Waals surface area contributed by atoms with Crippen molar-refractivity contribution in [2.75, 3.05) is 36.7 Å². The van der Waals surface area contributed by atoms with E-state index in [1.165, 1.54) is 31.6 Å². The van der Waals surface area contributed by atoms with Crippen LogP contribution in [0.5, 0.6) is 11.5 Å². The van der Waals surface area contributed by atoms with Crippen molar-refractivity contribution in [3.63, 3.8) is 0 Å². The molecular weight excluding hydrogens is 771 g/mol. The number of nitrogens with one attached hydrogen (secondary N) is 3. The summed E-state index contributed by atoms with van der Waals surface area (Å²) in [6.07, 6.45) is 7.60. The number of nitriles is 1. The Balaban J connectivity index is 0.943. The third-order valence-electron chi connectivity index (χ3n) is 11.7. The van der Waals surface area contributed by atoms with Crippen LogP contribution in [0.15, 0.2) is 59.7 Å². The number of ether oxygens (including phenoxy) is 1. The molecule has 0 spiro atoms. The topological polar surface area (TPSA) is 179 Å². The molecule has 0 bridgehead atoms. The molecule has 58 heavy (non-hydrogen) atoms. The molecule has 2 amide bonds. The van der Waals surface area contributed by atoms with E-state index in [9.17, 15) is 28.1 Å². The first-order chi connectivity index (χ1) is 27.8. The first kappa shape index (κ1) is 40.7. The number of amides is 2. The molecule has 3 aromatic carbocycles. The van der Waals surface area contributed by atoms with E-state index in [1.807, 2.05) is 12.1 Å². The Labute approximate surface area is 335 Å². The highest BCUT2D eigenvalue weighted by molar-refractivity contribution is 7.90. The fraction of sp³-hybridized carbons (Fsp3) is 0.439. The van der Waals surface area contributed by atoms with Gasteiger partial charge in [-0.25, -0.2) is 13.8 Å². The van der Waals surface area contributed by atoms with Crippen LogP contribution in [0.25, 0.3) is 10.9 Å². The number of hydrogen-bond donors (Lipinski definition) is 3. The summed E-state index contributed by atoms with van der Waals surface area (Å²) in [5, 5.41) is 15.5. The lowest BCUT2D eigenvalue weighted by Crippen LogP contribution is -2.47. The number of nitrogens with zero attached hydrogens (tertiary/aromatic N) is 5. The van der Waals surface area contributed by atoms with E-state index in [0.29, 0.717) is 35.8 Å². The van der Waals surface area contributed by atoms with E-state index < -0.39 is 33.7 Å². The molecule has 1 saturated carbocycles. The van der Waals surface area contributed by atoms with E-state index in [1.54, 1.807) is 23.6 Å². The van der Waals surface area contributed by atoms with Crippen molar-refractivity contribution in [3.8, 4) is 17.6 Å². The summed E-state index contributed by atoms with van der Waals surface area (Å²) >= 11 is 0. The predicted molar refractivity (Wildman–Crippen MR) is 214 cm³/mol. The van der Waals surface area contributed by atoms with Gasteiger partial charge in [-0.1, -0.05) is 13.0 Å². The van der Waals surface area contributed by atoms with E-state index in [4.69, 9.17) is 4.74 Å². The maximum atomic E-state index is 15.3. The maximum Gasteiger partial charge on any atom is 0.301 e. The van der Waals surface area contributed by atoms with Gasteiger partial charge in [-0.3, -0.25) is 29.0 Å². The third-order valence-corrected chi connectivity index (χ3v) is 13.2. The van der Waals surface area contributed by atoms with Crippen LogP contribution in [0, 0.1) is 28.9 Å². The van der Waals surface area contributed by atoms with Gasteiger partial charge in [0.15, 0.2) is 11.6 Å². The van der Waals surface area contributed by atoms with Crippen molar-refractivity contribution in [3.05, 3.63) is 88.0 Å². The Bertz CT molecular complexity index is 2420. The van der Waals surface area contributed by atoms with Gasteiger partial charge in [-0.2, -0.15) is 18.0 Å². The van der Waals surface area contributed by atoms with Crippen molar-refractivity contribution >= 4 is 44.3 Å². The highest BCUT2D eigenvalue weighted by atomic mass is 32.2. The molecule has 3 aliphatic rings. The zero-order chi connectivity index (χ0) is 41.1. The lowest BCUT2D eigenvalue weighted by Gasteiger charge is -2.41. The molecule has 1 atom stereocenters. The van der Waals surface area contributed by atoms with E-state index in [2.05, 4.69) is 25.2 Å². The summed E-state index contributed by atoms with van der Waals surface area (Å²) < 4.78 is 66.3. The van der Waals surface area contributed by atoms with Gasteiger partial charge in [0.25, 0.3) is 5.56 Å². The average molecular weight is 817 g/mol. The molecule has 7 rings (SSSR count). The van der Waals surface area contributed by atoms with Crippen LogP contribution >= 0.6 is 0 Å². The average Bonchev–Trinajstić information content (AvgIpc) is 3.21. The monoisotopic (exact) mass is 816 g/mol. The molecule has 14 nitrogen and oxygen atoms in total. The van der Waals surface area contributed by atoms with Crippen LogP contribution in [-0.4, -0.2) is 77.8 Å². The Morgan fingerprint density at radius 2 is 1.74 bits per heavy atom. The van der Waals surface area contributed by atoms with Gasteiger partial charge in [-0.15, -0.1) is 0 Å². The van der Waals surface area contributed by atoms with Crippen molar-refractivity contribution < 1.29 is 31.5 Å². The summed E-state index contributed by atoms with van der Waals surface area (Å²) in [5.74, 6) is -1.90. The number of carbonyl (C=O) groups excluding carboxylic acids is 2. The van der Waals surface area contributed by atoms with Crippen molar-refractivity contribution in [2.24, 2.45) is 5.92 Å². The quantitative estimate of drug-likeness (QED) is 0.153. The van der Waals surface area contributed by atoms with Gasteiger partial charge < -0.3 is 15.0 Å². The number of hydrogen-bond acceptors (Lipinski definition) is 10. The highest BCUT2D eigenvalue weighted by Gasteiger charge is 2.32. The smallest absolute Gasteiger partial charge is 0.301 e. The second-order valence-electron chi connectivity index (χ2n) is 15.3. The zero-order valence-electron chi connectivity index (χ0n) is 32.3. The number of anilines is 2. The fourth-order valence-corrected chi connectivity index (χ4v) is 9.14. The highest BCUT2D eigenvalue weighted by Crippen LogP contribution is 2.38.